The van der Waals surface area contributed by atoms with Crippen molar-refractivity contribution in [1.29, 1.82) is 0 Å². The monoisotopic (exact) mass is 296 g/mol. The molecular formula is C19H24N2O. The molecule has 0 bridgehead atoms. The largest absolute Gasteiger partial charge is 0.358 e. The van der Waals surface area contributed by atoms with E-state index in [2.05, 4.69) is 29.4 Å². The lowest BCUT2D eigenvalue weighted by atomic mass is 9.87. The summed E-state index contributed by atoms with van der Waals surface area (Å²) in [4.78, 5) is 16.0. The maximum absolute atomic E-state index is 12.5. The van der Waals surface area contributed by atoms with Gasteiger partial charge in [0.25, 0.3) is 5.91 Å². The number of carbonyl (C=O) groups excluding carboxylic acids is 1. The van der Waals surface area contributed by atoms with Gasteiger partial charge in [-0.3, -0.25) is 4.79 Å². The van der Waals surface area contributed by atoms with Crippen molar-refractivity contribution in [3.8, 4) is 0 Å². The Morgan fingerprint density at radius 3 is 2.86 bits per heavy atom. The zero-order chi connectivity index (χ0) is 15.1. The van der Waals surface area contributed by atoms with Crippen molar-refractivity contribution < 1.29 is 4.79 Å². The molecule has 1 fully saturated rings. The van der Waals surface area contributed by atoms with Crippen LogP contribution in [0, 0.1) is 5.92 Å². The minimum atomic E-state index is 0.0904. The summed E-state index contributed by atoms with van der Waals surface area (Å²) in [5.74, 6) is 0.829. The van der Waals surface area contributed by atoms with Crippen LogP contribution in [0.4, 0.5) is 0 Å². The van der Waals surface area contributed by atoms with E-state index in [1.54, 1.807) is 0 Å². The summed E-state index contributed by atoms with van der Waals surface area (Å²) in [6, 6.07) is 6.50. The number of aromatic amines is 1. The average Bonchev–Trinajstić information content (AvgIpc) is 3.14. The molecule has 1 aromatic heterocycles. The van der Waals surface area contributed by atoms with Crippen molar-refractivity contribution >= 4 is 16.8 Å². The predicted octanol–water partition coefficient (Wildman–Crippen LogP) is 3.97. The van der Waals surface area contributed by atoms with Crippen LogP contribution in [-0.2, 0) is 12.8 Å². The number of hydrogen-bond donors (Lipinski definition) is 2. The Balaban J connectivity index is 1.64. The summed E-state index contributed by atoms with van der Waals surface area (Å²) in [6.07, 6.45) is 8.27. The van der Waals surface area contributed by atoms with Crippen LogP contribution in [0.2, 0.25) is 0 Å². The lowest BCUT2D eigenvalue weighted by Gasteiger charge is -2.18. The van der Waals surface area contributed by atoms with Crippen LogP contribution in [0.3, 0.4) is 0 Å². The highest BCUT2D eigenvalue weighted by Crippen LogP contribution is 2.32. The van der Waals surface area contributed by atoms with Gasteiger partial charge in [-0.25, -0.2) is 0 Å². The van der Waals surface area contributed by atoms with Crippen molar-refractivity contribution in [3.63, 3.8) is 0 Å². The number of fused-ring (bicyclic) bond motifs is 3. The molecule has 2 aliphatic rings. The second kappa shape index (κ2) is 5.45. The minimum absolute atomic E-state index is 0.0904. The van der Waals surface area contributed by atoms with Gasteiger partial charge in [-0.2, -0.15) is 0 Å². The van der Waals surface area contributed by atoms with E-state index in [1.807, 2.05) is 6.07 Å². The molecule has 0 unspecified atom stereocenters. The number of rotatable bonds is 2. The van der Waals surface area contributed by atoms with E-state index >= 15 is 0 Å². The van der Waals surface area contributed by atoms with E-state index in [0.717, 1.165) is 37.2 Å². The Labute approximate surface area is 131 Å². The number of H-pyrrole nitrogens is 1. The van der Waals surface area contributed by atoms with Crippen LogP contribution in [0.15, 0.2) is 18.2 Å². The van der Waals surface area contributed by atoms with Crippen molar-refractivity contribution in [3.05, 3.63) is 35.0 Å². The third kappa shape index (κ3) is 2.43. The first-order valence-corrected chi connectivity index (χ1v) is 8.65. The molecule has 3 heteroatoms. The molecule has 1 heterocycles. The van der Waals surface area contributed by atoms with Crippen LogP contribution in [0.25, 0.3) is 10.9 Å². The fraction of sp³-hybridized carbons (Fsp3) is 0.526. The van der Waals surface area contributed by atoms with Crippen LogP contribution in [-0.4, -0.2) is 16.9 Å². The second-order valence-corrected chi connectivity index (χ2v) is 7.15. The Kier molecular flexibility index (Phi) is 3.44. The molecule has 1 saturated carbocycles. The summed E-state index contributed by atoms with van der Waals surface area (Å²) in [6.45, 7) is 2.32. The zero-order valence-corrected chi connectivity index (χ0v) is 13.2. The Hall–Kier alpha value is -1.77. The van der Waals surface area contributed by atoms with E-state index in [-0.39, 0.29) is 5.91 Å². The normalized spacial score (nSPS) is 22.0. The first-order chi connectivity index (χ1) is 10.7. The van der Waals surface area contributed by atoms with Crippen molar-refractivity contribution in [2.24, 2.45) is 5.92 Å². The molecule has 116 valence electrons. The van der Waals surface area contributed by atoms with Gasteiger partial charge in [0.1, 0.15) is 0 Å². The summed E-state index contributed by atoms with van der Waals surface area (Å²) < 4.78 is 0. The van der Waals surface area contributed by atoms with Gasteiger partial charge in [-0.15, -0.1) is 0 Å². The summed E-state index contributed by atoms with van der Waals surface area (Å²) in [5, 5.41) is 4.44. The summed E-state index contributed by atoms with van der Waals surface area (Å²) in [5.41, 5.74) is 4.79. The zero-order valence-electron chi connectivity index (χ0n) is 13.2. The van der Waals surface area contributed by atoms with E-state index in [0.29, 0.717) is 6.04 Å². The molecular weight excluding hydrogens is 272 g/mol. The van der Waals surface area contributed by atoms with Gasteiger partial charge in [0.2, 0.25) is 0 Å². The molecule has 22 heavy (non-hydrogen) atoms. The molecule has 3 nitrogen and oxygen atoms in total. The number of carbonyl (C=O) groups is 1. The van der Waals surface area contributed by atoms with Gasteiger partial charge in [-0.1, -0.05) is 19.8 Å². The molecule has 1 aromatic carbocycles. The molecule has 1 amide bonds. The SMILES string of the molecule is C[C@@H]1CCc2[nH]c3ccc(C(=O)NC4CCCC4)cc3c2C1. The number of amides is 1. The van der Waals surface area contributed by atoms with Gasteiger partial charge >= 0.3 is 0 Å². The van der Waals surface area contributed by atoms with Crippen molar-refractivity contribution in [1.82, 2.24) is 10.3 Å². The maximum atomic E-state index is 12.5. The lowest BCUT2D eigenvalue weighted by Crippen LogP contribution is -2.32. The molecule has 0 aliphatic heterocycles. The quantitative estimate of drug-likeness (QED) is 0.865. The first-order valence-electron chi connectivity index (χ1n) is 8.65. The second-order valence-electron chi connectivity index (χ2n) is 7.15. The van der Waals surface area contributed by atoms with Gasteiger partial charge < -0.3 is 10.3 Å². The smallest absolute Gasteiger partial charge is 0.251 e. The standard InChI is InChI=1S/C19H24N2O/c1-12-6-8-17-15(10-12)16-11-13(7-9-18(16)21-17)19(22)20-14-4-2-3-5-14/h7,9,11-12,14,21H,2-6,8,10H2,1H3,(H,20,22)/t12-/m1/s1. The molecule has 0 saturated heterocycles. The highest BCUT2D eigenvalue weighted by Gasteiger charge is 2.22. The van der Waals surface area contributed by atoms with Gasteiger partial charge in [-0.05, 0) is 61.8 Å². The van der Waals surface area contributed by atoms with Crippen LogP contribution >= 0.6 is 0 Å². The van der Waals surface area contributed by atoms with Crippen LogP contribution in [0.1, 0.15) is 60.6 Å². The van der Waals surface area contributed by atoms with Gasteiger partial charge in [0.15, 0.2) is 0 Å². The average molecular weight is 296 g/mol. The number of aromatic nitrogens is 1. The summed E-state index contributed by atoms with van der Waals surface area (Å²) in [7, 11) is 0. The predicted molar refractivity (Wildman–Crippen MR) is 89.2 cm³/mol. The third-order valence-corrected chi connectivity index (χ3v) is 5.39. The molecule has 2 aromatic rings. The molecule has 0 radical (unpaired) electrons. The van der Waals surface area contributed by atoms with Crippen LogP contribution < -0.4 is 5.32 Å². The van der Waals surface area contributed by atoms with Crippen molar-refractivity contribution in [2.75, 3.05) is 0 Å². The topological polar surface area (TPSA) is 44.9 Å². The maximum Gasteiger partial charge on any atom is 0.251 e. The van der Waals surface area contributed by atoms with E-state index in [9.17, 15) is 4.79 Å². The first kappa shape index (κ1) is 13.9. The highest BCUT2D eigenvalue weighted by molar-refractivity contribution is 5.99. The number of nitrogens with one attached hydrogen (secondary N) is 2. The van der Waals surface area contributed by atoms with E-state index in [4.69, 9.17) is 0 Å². The fourth-order valence-electron chi connectivity index (χ4n) is 4.07. The number of aryl methyl sites for hydroxylation is 1. The minimum Gasteiger partial charge on any atom is -0.358 e. The Morgan fingerprint density at radius 1 is 1.23 bits per heavy atom. The molecule has 2 aliphatic carbocycles. The van der Waals surface area contributed by atoms with E-state index < -0.39 is 0 Å². The Bertz CT molecular complexity index is 710. The van der Waals surface area contributed by atoms with Crippen molar-refractivity contribution in [2.45, 2.75) is 57.9 Å². The highest BCUT2D eigenvalue weighted by atomic mass is 16.1. The fourth-order valence-corrected chi connectivity index (χ4v) is 4.07. The number of hydrogen-bond acceptors (Lipinski definition) is 1. The van der Waals surface area contributed by atoms with Gasteiger partial charge in [0, 0.05) is 28.2 Å². The number of benzene rings is 1. The van der Waals surface area contributed by atoms with E-state index in [1.165, 1.54) is 41.4 Å². The molecule has 4 rings (SSSR count). The molecule has 2 N–H and O–H groups in total. The van der Waals surface area contributed by atoms with Crippen LogP contribution in [0.5, 0.6) is 0 Å². The van der Waals surface area contributed by atoms with Gasteiger partial charge in [0.05, 0.1) is 0 Å². The Morgan fingerprint density at radius 2 is 2.05 bits per heavy atom. The third-order valence-electron chi connectivity index (χ3n) is 5.39. The molecule has 1 atom stereocenters. The summed E-state index contributed by atoms with van der Waals surface area (Å²) >= 11 is 0. The molecule has 0 spiro atoms. The lowest BCUT2D eigenvalue weighted by molar-refractivity contribution is 0.0938.